The molecule has 1 atom stereocenters. The van der Waals surface area contributed by atoms with Gasteiger partial charge >= 0.3 is 0 Å². The van der Waals surface area contributed by atoms with E-state index in [0.29, 0.717) is 5.92 Å². The predicted octanol–water partition coefficient (Wildman–Crippen LogP) is 2.42. The van der Waals surface area contributed by atoms with Gasteiger partial charge in [-0.3, -0.25) is 4.79 Å². The van der Waals surface area contributed by atoms with Crippen molar-refractivity contribution in [2.24, 2.45) is 0 Å². The van der Waals surface area contributed by atoms with E-state index in [0.717, 1.165) is 17.8 Å². The van der Waals surface area contributed by atoms with Crippen LogP contribution in [0.1, 0.15) is 35.7 Å². The minimum atomic E-state index is 0.137. The SMILES string of the molecule is CC(=O)c1cccc2c1NCC2C. The molecule has 0 amide bonds. The van der Waals surface area contributed by atoms with Gasteiger partial charge < -0.3 is 5.32 Å². The summed E-state index contributed by atoms with van der Waals surface area (Å²) in [6.45, 7) is 4.72. The van der Waals surface area contributed by atoms with E-state index in [9.17, 15) is 4.79 Å². The lowest BCUT2D eigenvalue weighted by molar-refractivity contribution is 0.101. The number of hydrogen-bond donors (Lipinski definition) is 1. The Labute approximate surface area is 78.0 Å². The smallest absolute Gasteiger partial charge is 0.161 e. The average molecular weight is 175 g/mol. The van der Waals surface area contributed by atoms with Crippen molar-refractivity contribution in [2.45, 2.75) is 19.8 Å². The van der Waals surface area contributed by atoms with E-state index >= 15 is 0 Å². The van der Waals surface area contributed by atoms with Gasteiger partial charge in [0.1, 0.15) is 0 Å². The zero-order chi connectivity index (χ0) is 9.42. The summed E-state index contributed by atoms with van der Waals surface area (Å²) in [6, 6.07) is 5.93. The van der Waals surface area contributed by atoms with Crippen LogP contribution in [-0.4, -0.2) is 12.3 Å². The highest BCUT2D eigenvalue weighted by molar-refractivity contribution is 6.00. The molecule has 0 saturated carbocycles. The van der Waals surface area contributed by atoms with Crippen LogP contribution in [0, 0.1) is 0 Å². The fourth-order valence-electron chi connectivity index (χ4n) is 1.84. The molecule has 2 rings (SSSR count). The van der Waals surface area contributed by atoms with E-state index in [1.54, 1.807) is 6.92 Å². The molecule has 2 nitrogen and oxygen atoms in total. The molecule has 1 aromatic carbocycles. The van der Waals surface area contributed by atoms with E-state index in [4.69, 9.17) is 0 Å². The van der Waals surface area contributed by atoms with E-state index in [1.807, 2.05) is 12.1 Å². The lowest BCUT2D eigenvalue weighted by atomic mass is 9.99. The van der Waals surface area contributed by atoms with Gasteiger partial charge in [0, 0.05) is 23.7 Å². The van der Waals surface area contributed by atoms with Crippen LogP contribution in [0.2, 0.25) is 0 Å². The molecule has 1 unspecified atom stereocenters. The van der Waals surface area contributed by atoms with E-state index in [2.05, 4.69) is 18.3 Å². The third kappa shape index (κ3) is 1.22. The molecule has 0 aromatic heterocycles. The van der Waals surface area contributed by atoms with E-state index < -0.39 is 0 Å². The highest BCUT2D eigenvalue weighted by Gasteiger charge is 2.21. The zero-order valence-corrected chi connectivity index (χ0v) is 7.92. The molecule has 1 aliphatic heterocycles. The summed E-state index contributed by atoms with van der Waals surface area (Å²) in [7, 11) is 0. The molecule has 0 saturated heterocycles. The highest BCUT2D eigenvalue weighted by Crippen LogP contribution is 2.33. The van der Waals surface area contributed by atoms with Gasteiger partial charge in [-0.05, 0) is 18.6 Å². The standard InChI is InChI=1S/C11H13NO/c1-7-6-12-11-9(7)4-3-5-10(11)8(2)13/h3-5,7,12H,6H2,1-2H3. The summed E-state index contributed by atoms with van der Waals surface area (Å²) < 4.78 is 0. The Kier molecular flexibility index (Phi) is 1.83. The molecular formula is C11H13NO. The third-order valence-electron chi connectivity index (χ3n) is 2.59. The molecule has 1 aromatic rings. The van der Waals surface area contributed by atoms with E-state index in [-0.39, 0.29) is 5.78 Å². The number of fused-ring (bicyclic) bond motifs is 1. The number of rotatable bonds is 1. The molecule has 0 bridgehead atoms. The average Bonchev–Trinajstić information content (AvgIpc) is 2.48. The lowest BCUT2D eigenvalue weighted by Gasteiger charge is -2.05. The number of carbonyl (C=O) groups excluding carboxylic acids is 1. The summed E-state index contributed by atoms with van der Waals surface area (Å²) in [5.41, 5.74) is 3.14. The Balaban J connectivity index is 2.57. The largest absolute Gasteiger partial charge is 0.384 e. The van der Waals surface area contributed by atoms with E-state index in [1.165, 1.54) is 5.56 Å². The van der Waals surface area contributed by atoms with Crippen molar-refractivity contribution in [3.63, 3.8) is 0 Å². The Bertz CT molecular complexity index is 357. The Morgan fingerprint density at radius 3 is 3.00 bits per heavy atom. The van der Waals surface area contributed by atoms with Crippen LogP contribution in [0.4, 0.5) is 5.69 Å². The number of Topliss-reactive ketones (excluding diaryl/α,β-unsaturated/α-hetero) is 1. The lowest BCUT2D eigenvalue weighted by Crippen LogP contribution is -1.99. The van der Waals surface area contributed by atoms with Crippen molar-refractivity contribution < 1.29 is 4.79 Å². The molecule has 2 heteroatoms. The van der Waals surface area contributed by atoms with Gasteiger partial charge in [-0.15, -0.1) is 0 Å². The van der Waals surface area contributed by atoms with Crippen LogP contribution in [0.5, 0.6) is 0 Å². The van der Waals surface area contributed by atoms with Crippen LogP contribution in [-0.2, 0) is 0 Å². The first-order valence-electron chi connectivity index (χ1n) is 4.58. The molecule has 0 aliphatic carbocycles. The number of nitrogens with one attached hydrogen (secondary N) is 1. The van der Waals surface area contributed by atoms with Gasteiger partial charge in [0.15, 0.2) is 5.78 Å². The normalized spacial score (nSPS) is 19.4. The van der Waals surface area contributed by atoms with Gasteiger partial charge in [-0.1, -0.05) is 19.1 Å². The first kappa shape index (κ1) is 8.30. The molecule has 1 N–H and O–H groups in total. The topological polar surface area (TPSA) is 29.1 Å². The van der Waals surface area contributed by atoms with Gasteiger partial charge in [0.25, 0.3) is 0 Å². The van der Waals surface area contributed by atoms with Crippen molar-refractivity contribution in [1.29, 1.82) is 0 Å². The summed E-state index contributed by atoms with van der Waals surface area (Å²) in [5, 5.41) is 3.28. The Morgan fingerprint density at radius 2 is 2.31 bits per heavy atom. The molecule has 1 aliphatic rings. The van der Waals surface area contributed by atoms with Gasteiger partial charge in [-0.2, -0.15) is 0 Å². The van der Waals surface area contributed by atoms with Crippen LogP contribution in [0.3, 0.4) is 0 Å². The van der Waals surface area contributed by atoms with Gasteiger partial charge in [0.05, 0.1) is 0 Å². The monoisotopic (exact) mass is 175 g/mol. The van der Waals surface area contributed by atoms with Gasteiger partial charge in [0.2, 0.25) is 0 Å². The van der Waals surface area contributed by atoms with Crippen molar-refractivity contribution in [3.8, 4) is 0 Å². The molecular weight excluding hydrogens is 162 g/mol. The summed E-state index contributed by atoms with van der Waals surface area (Å²) in [6.07, 6.45) is 0. The van der Waals surface area contributed by atoms with Gasteiger partial charge in [-0.25, -0.2) is 0 Å². The quantitative estimate of drug-likeness (QED) is 0.664. The second-order valence-corrected chi connectivity index (χ2v) is 3.61. The summed E-state index contributed by atoms with van der Waals surface area (Å²) >= 11 is 0. The molecule has 0 radical (unpaired) electrons. The number of anilines is 1. The first-order valence-corrected chi connectivity index (χ1v) is 4.58. The molecule has 1 heterocycles. The minimum Gasteiger partial charge on any atom is -0.384 e. The maximum Gasteiger partial charge on any atom is 0.161 e. The Morgan fingerprint density at radius 1 is 1.54 bits per heavy atom. The number of benzene rings is 1. The first-order chi connectivity index (χ1) is 6.20. The van der Waals surface area contributed by atoms with Crippen molar-refractivity contribution >= 4 is 11.5 Å². The number of carbonyl (C=O) groups is 1. The fourth-order valence-corrected chi connectivity index (χ4v) is 1.84. The number of ketones is 1. The third-order valence-corrected chi connectivity index (χ3v) is 2.59. The predicted molar refractivity (Wildman–Crippen MR) is 53.4 cm³/mol. The van der Waals surface area contributed by atoms with Crippen LogP contribution in [0.15, 0.2) is 18.2 Å². The number of para-hydroxylation sites is 1. The minimum absolute atomic E-state index is 0.137. The summed E-state index contributed by atoms with van der Waals surface area (Å²) in [5.74, 6) is 0.660. The van der Waals surface area contributed by atoms with Crippen LogP contribution >= 0.6 is 0 Å². The zero-order valence-electron chi connectivity index (χ0n) is 7.92. The van der Waals surface area contributed by atoms with Crippen molar-refractivity contribution in [2.75, 3.05) is 11.9 Å². The molecule has 68 valence electrons. The Hall–Kier alpha value is -1.31. The maximum atomic E-state index is 11.3. The van der Waals surface area contributed by atoms with Crippen molar-refractivity contribution in [3.05, 3.63) is 29.3 Å². The number of hydrogen-bond acceptors (Lipinski definition) is 2. The highest BCUT2D eigenvalue weighted by atomic mass is 16.1. The van der Waals surface area contributed by atoms with Crippen LogP contribution < -0.4 is 5.32 Å². The second kappa shape index (κ2) is 2.87. The molecule has 13 heavy (non-hydrogen) atoms. The fraction of sp³-hybridized carbons (Fsp3) is 0.364. The second-order valence-electron chi connectivity index (χ2n) is 3.61. The van der Waals surface area contributed by atoms with Crippen molar-refractivity contribution in [1.82, 2.24) is 0 Å². The molecule has 0 fully saturated rings. The molecule has 0 spiro atoms. The maximum absolute atomic E-state index is 11.3. The summed E-state index contributed by atoms with van der Waals surface area (Å²) in [4.78, 5) is 11.3. The van der Waals surface area contributed by atoms with Crippen LogP contribution in [0.25, 0.3) is 0 Å².